The molecule has 1 aliphatic rings. The molecule has 2 N–H and O–H groups in total. The standard InChI is InChI=1S/C13H26N2OS/c1-16-11-10-15(9-8-13(14)17)12-6-4-2-3-5-7-12/h12H,2-11H2,1H3,(H2,14,17). The zero-order chi connectivity index (χ0) is 12.5. The second kappa shape index (κ2) is 8.84. The number of ether oxygens (including phenoxy) is 1. The largest absolute Gasteiger partial charge is 0.393 e. The summed E-state index contributed by atoms with van der Waals surface area (Å²) in [7, 11) is 1.76. The van der Waals surface area contributed by atoms with Gasteiger partial charge in [-0.2, -0.15) is 0 Å². The SMILES string of the molecule is COCCN(CCC(N)=S)C1CCCCCC1. The Morgan fingerprint density at radius 1 is 1.24 bits per heavy atom. The molecule has 4 heteroatoms. The summed E-state index contributed by atoms with van der Waals surface area (Å²) in [6.45, 7) is 2.79. The fourth-order valence-electron chi connectivity index (χ4n) is 2.56. The first-order chi connectivity index (χ1) is 8.24. The van der Waals surface area contributed by atoms with Crippen LogP contribution in [0.4, 0.5) is 0 Å². The van der Waals surface area contributed by atoms with E-state index in [4.69, 9.17) is 22.7 Å². The van der Waals surface area contributed by atoms with Gasteiger partial charge in [-0.25, -0.2) is 0 Å². The maximum absolute atomic E-state index is 5.60. The lowest BCUT2D eigenvalue weighted by Crippen LogP contribution is -2.39. The minimum atomic E-state index is 0.626. The summed E-state index contributed by atoms with van der Waals surface area (Å²) in [6, 6.07) is 0.710. The van der Waals surface area contributed by atoms with Crippen molar-refractivity contribution >= 4 is 17.2 Å². The van der Waals surface area contributed by atoms with Crippen LogP contribution in [0.3, 0.4) is 0 Å². The van der Waals surface area contributed by atoms with E-state index in [1.54, 1.807) is 7.11 Å². The van der Waals surface area contributed by atoms with Crippen LogP contribution in [0.15, 0.2) is 0 Å². The topological polar surface area (TPSA) is 38.5 Å². The molecule has 1 saturated carbocycles. The van der Waals surface area contributed by atoms with Crippen molar-refractivity contribution in [1.29, 1.82) is 0 Å². The number of nitrogens with two attached hydrogens (primary N) is 1. The monoisotopic (exact) mass is 258 g/mol. The number of nitrogens with zero attached hydrogens (tertiary/aromatic N) is 1. The molecule has 0 amide bonds. The van der Waals surface area contributed by atoms with E-state index in [9.17, 15) is 0 Å². The van der Waals surface area contributed by atoms with Crippen LogP contribution in [0.2, 0.25) is 0 Å². The van der Waals surface area contributed by atoms with Crippen molar-refractivity contribution in [3.05, 3.63) is 0 Å². The molecule has 1 fully saturated rings. The van der Waals surface area contributed by atoms with Gasteiger partial charge in [0, 0.05) is 32.7 Å². The van der Waals surface area contributed by atoms with Crippen LogP contribution in [-0.4, -0.2) is 42.7 Å². The third-order valence-corrected chi connectivity index (χ3v) is 3.77. The second-order valence-electron chi connectivity index (χ2n) is 4.89. The molecule has 0 atom stereocenters. The van der Waals surface area contributed by atoms with E-state index in [1.807, 2.05) is 0 Å². The second-order valence-corrected chi connectivity index (χ2v) is 5.41. The molecule has 0 aliphatic heterocycles. The number of methoxy groups -OCH3 is 1. The van der Waals surface area contributed by atoms with Gasteiger partial charge in [0.05, 0.1) is 11.6 Å². The highest BCUT2D eigenvalue weighted by atomic mass is 32.1. The normalized spacial score (nSPS) is 18.2. The molecule has 1 aliphatic carbocycles. The quantitative estimate of drug-likeness (QED) is 0.562. The van der Waals surface area contributed by atoms with Crippen LogP contribution in [0.1, 0.15) is 44.9 Å². The minimum Gasteiger partial charge on any atom is -0.393 e. The maximum Gasteiger partial charge on any atom is 0.0740 e. The van der Waals surface area contributed by atoms with Gasteiger partial charge in [-0.05, 0) is 12.8 Å². The Labute approximate surface area is 111 Å². The van der Waals surface area contributed by atoms with Gasteiger partial charge in [-0.1, -0.05) is 37.9 Å². The van der Waals surface area contributed by atoms with Crippen molar-refractivity contribution in [3.63, 3.8) is 0 Å². The van der Waals surface area contributed by atoms with Crippen molar-refractivity contribution in [1.82, 2.24) is 4.90 Å². The molecule has 0 aromatic carbocycles. The van der Waals surface area contributed by atoms with E-state index in [0.29, 0.717) is 11.0 Å². The van der Waals surface area contributed by atoms with Crippen LogP contribution in [-0.2, 0) is 4.74 Å². The van der Waals surface area contributed by atoms with Crippen molar-refractivity contribution < 1.29 is 4.74 Å². The molecule has 17 heavy (non-hydrogen) atoms. The summed E-state index contributed by atoms with van der Waals surface area (Å²) < 4.78 is 5.20. The lowest BCUT2D eigenvalue weighted by Gasteiger charge is -2.30. The molecule has 1 rings (SSSR count). The fraction of sp³-hybridized carbons (Fsp3) is 0.923. The first-order valence-electron chi connectivity index (χ1n) is 6.75. The van der Waals surface area contributed by atoms with E-state index >= 15 is 0 Å². The molecule has 0 aromatic rings. The Hall–Kier alpha value is -0.190. The number of rotatable bonds is 7. The third-order valence-electron chi connectivity index (χ3n) is 3.57. The molecule has 0 heterocycles. The van der Waals surface area contributed by atoms with Crippen molar-refractivity contribution in [2.45, 2.75) is 51.0 Å². The Morgan fingerprint density at radius 3 is 2.41 bits per heavy atom. The van der Waals surface area contributed by atoms with Gasteiger partial charge in [0.15, 0.2) is 0 Å². The van der Waals surface area contributed by atoms with Gasteiger partial charge >= 0.3 is 0 Å². The van der Waals surface area contributed by atoms with Crippen LogP contribution in [0.5, 0.6) is 0 Å². The zero-order valence-electron chi connectivity index (χ0n) is 11.0. The molecule has 0 bridgehead atoms. The summed E-state index contributed by atoms with van der Waals surface area (Å²) in [5.41, 5.74) is 5.60. The van der Waals surface area contributed by atoms with Crippen LogP contribution >= 0.6 is 12.2 Å². The zero-order valence-corrected chi connectivity index (χ0v) is 11.8. The van der Waals surface area contributed by atoms with Crippen molar-refractivity contribution in [3.8, 4) is 0 Å². The predicted molar refractivity (Wildman–Crippen MR) is 76.3 cm³/mol. The summed E-state index contributed by atoms with van der Waals surface area (Å²) >= 11 is 4.97. The molecule has 0 spiro atoms. The Morgan fingerprint density at radius 2 is 1.88 bits per heavy atom. The van der Waals surface area contributed by atoms with Gasteiger partial charge in [0.1, 0.15) is 0 Å². The highest BCUT2D eigenvalue weighted by molar-refractivity contribution is 7.80. The van der Waals surface area contributed by atoms with Crippen LogP contribution in [0, 0.1) is 0 Å². The van der Waals surface area contributed by atoms with Gasteiger partial charge in [0.2, 0.25) is 0 Å². The predicted octanol–water partition coefficient (Wildman–Crippen LogP) is 2.33. The number of hydrogen-bond donors (Lipinski definition) is 1. The average molecular weight is 258 g/mol. The average Bonchev–Trinajstić information content (AvgIpc) is 2.57. The molecule has 0 radical (unpaired) electrons. The molecular formula is C13H26N2OS. The van der Waals surface area contributed by atoms with E-state index in [2.05, 4.69) is 4.90 Å². The highest BCUT2D eigenvalue weighted by Crippen LogP contribution is 2.21. The van der Waals surface area contributed by atoms with Crippen LogP contribution in [0.25, 0.3) is 0 Å². The highest BCUT2D eigenvalue weighted by Gasteiger charge is 2.19. The smallest absolute Gasteiger partial charge is 0.0740 e. The fourth-order valence-corrected chi connectivity index (χ4v) is 2.65. The van der Waals surface area contributed by atoms with E-state index in [-0.39, 0.29) is 0 Å². The number of thiocarbonyl (C=S) groups is 1. The van der Waals surface area contributed by atoms with Crippen molar-refractivity contribution in [2.24, 2.45) is 5.73 Å². The Bertz CT molecular complexity index is 215. The van der Waals surface area contributed by atoms with E-state index in [0.717, 1.165) is 26.1 Å². The molecular weight excluding hydrogens is 232 g/mol. The van der Waals surface area contributed by atoms with Gasteiger partial charge in [-0.15, -0.1) is 0 Å². The number of hydrogen-bond acceptors (Lipinski definition) is 3. The minimum absolute atomic E-state index is 0.626. The van der Waals surface area contributed by atoms with Gasteiger partial charge < -0.3 is 10.5 Å². The van der Waals surface area contributed by atoms with Crippen LogP contribution < -0.4 is 5.73 Å². The first-order valence-corrected chi connectivity index (χ1v) is 7.16. The summed E-state index contributed by atoms with van der Waals surface area (Å²) in [5.74, 6) is 0. The first kappa shape index (κ1) is 14.9. The molecule has 100 valence electrons. The van der Waals surface area contributed by atoms with Gasteiger partial charge in [-0.3, -0.25) is 4.90 Å². The lowest BCUT2D eigenvalue weighted by atomic mass is 10.1. The van der Waals surface area contributed by atoms with E-state index < -0.39 is 0 Å². The Kier molecular flexibility index (Phi) is 7.73. The summed E-state index contributed by atoms with van der Waals surface area (Å²) in [4.78, 5) is 3.15. The lowest BCUT2D eigenvalue weighted by molar-refractivity contribution is 0.115. The Balaban J connectivity index is 2.43. The van der Waals surface area contributed by atoms with Crippen molar-refractivity contribution in [2.75, 3.05) is 26.8 Å². The maximum atomic E-state index is 5.60. The summed E-state index contributed by atoms with van der Waals surface area (Å²) in [5, 5.41) is 0. The summed E-state index contributed by atoms with van der Waals surface area (Å²) in [6.07, 6.45) is 8.98. The third kappa shape index (κ3) is 6.34. The molecule has 3 nitrogen and oxygen atoms in total. The molecule has 0 unspecified atom stereocenters. The van der Waals surface area contributed by atoms with E-state index in [1.165, 1.54) is 38.5 Å². The van der Waals surface area contributed by atoms with Gasteiger partial charge in [0.25, 0.3) is 0 Å². The molecule has 0 aromatic heterocycles. The molecule has 0 saturated heterocycles.